The first-order valence-electron chi connectivity index (χ1n) is 8.22. The van der Waals surface area contributed by atoms with Gasteiger partial charge in [0, 0.05) is 4.47 Å². The fourth-order valence-electron chi connectivity index (χ4n) is 2.74. The molecule has 0 saturated heterocycles. The highest BCUT2D eigenvalue weighted by atomic mass is 79.9. The Morgan fingerprint density at radius 1 is 1.14 bits per heavy atom. The third kappa shape index (κ3) is 3.63. The van der Waals surface area contributed by atoms with Crippen molar-refractivity contribution in [2.75, 3.05) is 19.2 Å². The molecule has 144 valence electrons. The lowest BCUT2D eigenvalue weighted by Crippen LogP contribution is -2.21. The zero-order valence-corrected chi connectivity index (χ0v) is 17.0. The van der Waals surface area contributed by atoms with Gasteiger partial charge in [-0.2, -0.15) is 10.1 Å². The number of aromatic carboxylic acids is 1. The van der Waals surface area contributed by atoms with Crippen molar-refractivity contribution in [1.29, 1.82) is 0 Å². The van der Waals surface area contributed by atoms with Gasteiger partial charge < -0.3 is 14.6 Å². The highest BCUT2D eigenvalue weighted by Crippen LogP contribution is 2.35. The zero-order chi connectivity index (χ0) is 20.4. The Labute approximate surface area is 170 Å². The Hall–Kier alpha value is -3.13. The average Bonchev–Trinajstić information content (AvgIpc) is 2.97. The molecule has 2 aromatic rings. The van der Waals surface area contributed by atoms with E-state index in [1.165, 1.54) is 17.1 Å². The third-order valence-corrected chi connectivity index (χ3v) is 4.91. The number of halogens is 1. The lowest BCUT2D eigenvalue weighted by molar-refractivity contribution is -0.114. The maximum Gasteiger partial charge on any atom is 0.335 e. The summed E-state index contributed by atoms with van der Waals surface area (Å²) in [7, 11) is 3.09. The number of carboxylic acids is 1. The van der Waals surface area contributed by atoms with Gasteiger partial charge in [-0.1, -0.05) is 15.9 Å². The number of carbonyl (C=O) groups is 2. The van der Waals surface area contributed by atoms with Crippen molar-refractivity contribution in [2.24, 2.45) is 5.10 Å². The van der Waals surface area contributed by atoms with E-state index < -0.39 is 5.97 Å². The number of amides is 1. The van der Waals surface area contributed by atoms with Crippen molar-refractivity contribution in [2.45, 2.75) is 6.92 Å². The van der Waals surface area contributed by atoms with Gasteiger partial charge >= 0.3 is 5.97 Å². The highest BCUT2D eigenvalue weighted by Gasteiger charge is 2.29. The van der Waals surface area contributed by atoms with Gasteiger partial charge in [-0.15, -0.1) is 0 Å². The molecule has 0 spiro atoms. The second kappa shape index (κ2) is 7.85. The van der Waals surface area contributed by atoms with Gasteiger partial charge in [0.15, 0.2) is 11.5 Å². The normalized spacial score (nSPS) is 15.0. The summed E-state index contributed by atoms with van der Waals surface area (Å²) in [6, 6.07) is 9.49. The van der Waals surface area contributed by atoms with Gasteiger partial charge in [0.25, 0.3) is 5.91 Å². The molecule has 7 nitrogen and oxygen atoms in total. The number of hydrazone groups is 1. The van der Waals surface area contributed by atoms with Gasteiger partial charge in [0.1, 0.15) is 0 Å². The van der Waals surface area contributed by atoms with E-state index >= 15 is 0 Å². The van der Waals surface area contributed by atoms with E-state index in [2.05, 4.69) is 21.0 Å². The minimum atomic E-state index is -1.03. The highest BCUT2D eigenvalue weighted by molar-refractivity contribution is 9.10. The summed E-state index contributed by atoms with van der Waals surface area (Å²) >= 11 is 3.48. The topological polar surface area (TPSA) is 88.4 Å². The van der Waals surface area contributed by atoms with Crippen LogP contribution in [0.5, 0.6) is 11.5 Å². The summed E-state index contributed by atoms with van der Waals surface area (Å²) < 4.78 is 11.3. The number of carbonyl (C=O) groups excluding carboxylic acids is 1. The van der Waals surface area contributed by atoms with Crippen molar-refractivity contribution >= 4 is 45.3 Å². The average molecular weight is 445 g/mol. The number of hydrogen-bond acceptors (Lipinski definition) is 5. The number of nitrogens with zero attached hydrogens (tertiary/aromatic N) is 2. The molecular weight excluding hydrogens is 428 g/mol. The van der Waals surface area contributed by atoms with Crippen LogP contribution < -0.4 is 14.5 Å². The van der Waals surface area contributed by atoms with Crippen molar-refractivity contribution in [1.82, 2.24) is 0 Å². The van der Waals surface area contributed by atoms with Crippen LogP contribution in [0, 0.1) is 0 Å². The van der Waals surface area contributed by atoms with E-state index in [4.69, 9.17) is 14.6 Å². The Bertz CT molecular complexity index is 1010. The number of benzene rings is 2. The fraction of sp³-hybridized carbons (Fsp3) is 0.150. The molecule has 0 unspecified atom stereocenters. The maximum absolute atomic E-state index is 12.9. The molecule has 0 fully saturated rings. The summed E-state index contributed by atoms with van der Waals surface area (Å²) in [6.07, 6.45) is 1.72. The van der Waals surface area contributed by atoms with E-state index in [1.807, 2.05) is 0 Å². The van der Waals surface area contributed by atoms with Crippen molar-refractivity contribution in [3.05, 3.63) is 57.6 Å². The minimum Gasteiger partial charge on any atom is -0.493 e. The molecule has 1 amide bonds. The molecule has 0 aromatic heterocycles. The number of ether oxygens (including phenoxy) is 2. The number of anilines is 1. The van der Waals surface area contributed by atoms with Gasteiger partial charge in [0.2, 0.25) is 0 Å². The van der Waals surface area contributed by atoms with Crippen LogP contribution in [0.15, 0.2) is 51.5 Å². The predicted octanol–water partition coefficient (Wildman–Crippen LogP) is 3.97. The van der Waals surface area contributed by atoms with Crippen LogP contribution in [0.3, 0.4) is 0 Å². The summed E-state index contributed by atoms with van der Waals surface area (Å²) in [6.45, 7) is 1.74. The maximum atomic E-state index is 12.9. The molecule has 3 rings (SSSR count). The number of carboxylic acid groups (broad SMARTS) is 1. The Balaban J connectivity index is 1.96. The standard InChI is InChI=1S/C20H17BrN2O5/c1-11-15(8-13-9-17(27-2)18(28-3)10-16(13)21)19(24)23(22-11)14-6-4-12(5-7-14)20(25)26/h4-10H,1-3H3,(H,25,26). The molecule has 28 heavy (non-hydrogen) atoms. The molecule has 0 bridgehead atoms. The molecule has 1 aliphatic heterocycles. The van der Waals surface area contributed by atoms with E-state index in [0.29, 0.717) is 28.5 Å². The molecule has 1 aliphatic rings. The zero-order valence-electron chi connectivity index (χ0n) is 15.4. The monoisotopic (exact) mass is 444 g/mol. The Morgan fingerprint density at radius 3 is 2.32 bits per heavy atom. The molecular formula is C20H17BrN2O5. The van der Waals surface area contributed by atoms with Gasteiger partial charge in [-0.05, 0) is 55.0 Å². The number of methoxy groups -OCH3 is 2. The first kappa shape index (κ1) is 19.6. The number of hydrogen-bond donors (Lipinski definition) is 1. The quantitative estimate of drug-likeness (QED) is 0.704. The molecule has 0 saturated carbocycles. The summed E-state index contributed by atoms with van der Waals surface area (Å²) in [5, 5.41) is 14.6. The third-order valence-electron chi connectivity index (χ3n) is 4.22. The molecule has 8 heteroatoms. The smallest absolute Gasteiger partial charge is 0.335 e. The van der Waals surface area contributed by atoms with E-state index in [9.17, 15) is 9.59 Å². The van der Waals surface area contributed by atoms with E-state index in [0.717, 1.165) is 10.0 Å². The van der Waals surface area contributed by atoms with Gasteiger partial charge in [0.05, 0.1) is 36.8 Å². The summed E-state index contributed by atoms with van der Waals surface area (Å²) in [5.74, 6) is -0.223. The first-order valence-corrected chi connectivity index (χ1v) is 9.01. The Morgan fingerprint density at radius 2 is 1.75 bits per heavy atom. The van der Waals surface area contributed by atoms with Crippen LogP contribution in [0.1, 0.15) is 22.8 Å². The molecule has 2 aromatic carbocycles. The second-order valence-electron chi connectivity index (χ2n) is 5.94. The lowest BCUT2D eigenvalue weighted by Gasteiger charge is -2.12. The molecule has 0 radical (unpaired) electrons. The van der Waals surface area contributed by atoms with Crippen molar-refractivity contribution < 1.29 is 24.2 Å². The predicted molar refractivity (Wildman–Crippen MR) is 109 cm³/mol. The van der Waals surface area contributed by atoms with Crippen LogP contribution in [-0.2, 0) is 4.79 Å². The van der Waals surface area contributed by atoms with E-state index in [-0.39, 0.29) is 11.5 Å². The summed E-state index contributed by atoms with van der Waals surface area (Å²) in [4.78, 5) is 23.9. The van der Waals surface area contributed by atoms with Gasteiger partial charge in [-0.25, -0.2) is 4.79 Å². The summed E-state index contributed by atoms with van der Waals surface area (Å²) in [5.41, 5.74) is 2.34. The van der Waals surface area contributed by atoms with Crippen molar-refractivity contribution in [3.8, 4) is 11.5 Å². The first-order chi connectivity index (χ1) is 13.3. The SMILES string of the molecule is COc1cc(Br)c(C=C2C(=O)N(c3ccc(C(=O)O)cc3)N=C2C)cc1OC. The fourth-order valence-corrected chi connectivity index (χ4v) is 3.18. The van der Waals surface area contributed by atoms with Crippen LogP contribution in [0.4, 0.5) is 5.69 Å². The lowest BCUT2D eigenvalue weighted by atomic mass is 10.1. The molecule has 0 atom stereocenters. The van der Waals surface area contributed by atoms with E-state index in [1.54, 1.807) is 51.5 Å². The molecule has 1 N–H and O–H groups in total. The van der Waals surface area contributed by atoms with Crippen LogP contribution in [-0.4, -0.2) is 36.9 Å². The van der Waals surface area contributed by atoms with Crippen LogP contribution in [0.2, 0.25) is 0 Å². The molecule has 0 aliphatic carbocycles. The minimum absolute atomic E-state index is 0.140. The molecule has 1 heterocycles. The second-order valence-corrected chi connectivity index (χ2v) is 6.80. The number of rotatable bonds is 5. The van der Waals surface area contributed by atoms with Gasteiger partial charge in [-0.3, -0.25) is 4.79 Å². The Kier molecular flexibility index (Phi) is 5.51. The van der Waals surface area contributed by atoms with Crippen LogP contribution >= 0.6 is 15.9 Å². The van der Waals surface area contributed by atoms with Crippen LogP contribution in [0.25, 0.3) is 6.08 Å². The van der Waals surface area contributed by atoms with Crippen molar-refractivity contribution in [3.63, 3.8) is 0 Å². The largest absolute Gasteiger partial charge is 0.493 e.